The van der Waals surface area contributed by atoms with Gasteiger partial charge in [0.2, 0.25) is 15.9 Å². The quantitative estimate of drug-likeness (QED) is 0.581. The van der Waals surface area contributed by atoms with Crippen molar-refractivity contribution in [3.05, 3.63) is 30.1 Å². The molecule has 1 fully saturated rings. The third kappa shape index (κ3) is 3.97. The number of rotatable bonds is 4. The Kier molecular flexibility index (Phi) is 4.33. The minimum Gasteiger partial charge on any atom is -0.325 e. The van der Waals surface area contributed by atoms with E-state index in [4.69, 9.17) is 0 Å². The zero-order valence-electron chi connectivity index (χ0n) is 10.7. The number of anilines is 1. The average Bonchev–Trinajstić information content (AvgIpc) is 2.78. The SMILES string of the molecule is CS(=O)(=O)NC1CNNC1C(=O)Nc1ccc(F)cc1. The molecule has 1 heterocycles. The summed E-state index contributed by atoms with van der Waals surface area (Å²) < 4.78 is 37.6. The van der Waals surface area contributed by atoms with Crippen molar-refractivity contribution in [1.82, 2.24) is 15.6 Å². The minimum atomic E-state index is -3.41. The molecule has 20 heavy (non-hydrogen) atoms. The maximum atomic E-state index is 12.8. The van der Waals surface area contributed by atoms with Crippen LogP contribution in [0.25, 0.3) is 0 Å². The van der Waals surface area contributed by atoms with E-state index in [1.807, 2.05) is 0 Å². The maximum Gasteiger partial charge on any atom is 0.244 e. The lowest BCUT2D eigenvalue weighted by Gasteiger charge is -2.18. The fourth-order valence-corrected chi connectivity index (χ4v) is 2.65. The monoisotopic (exact) mass is 302 g/mol. The van der Waals surface area contributed by atoms with E-state index in [-0.39, 0.29) is 6.54 Å². The number of nitrogens with one attached hydrogen (secondary N) is 4. The summed E-state index contributed by atoms with van der Waals surface area (Å²) in [4.78, 5) is 12.1. The summed E-state index contributed by atoms with van der Waals surface area (Å²) in [6, 6.07) is 3.95. The van der Waals surface area contributed by atoms with E-state index in [1.165, 1.54) is 24.3 Å². The fraction of sp³-hybridized carbons (Fsp3) is 0.364. The van der Waals surface area contributed by atoms with Crippen LogP contribution < -0.4 is 20.9 Å². The Morgan fingerprint density at radius 2 is 2.00 bits per heavy atom. The van der Waals surface area contributed by atoms with Gasteiger partial charge in [-0.1, -0.05) is 0 Å². The Balaban J connectivity index is 2.02. The van der Waals surface area contributed by atoms with Crippen LogP contribution in [0.5, 0.6) is 0 Å². The smallest absolute Gasteiger partial charge is 0.244 e. The van der Waals surface area contributed by atoms with Crippen LogP contribution in [-0.4, -0.2) is 39.2 Å². The number of hydrazine groups is 1. The van der Waals surface area contributed by atoms with Crippen molar-refractivity contribution in [1.29, 1.82) is 0 Å². The Morgan fingerprint density at radius 3 is 2.60 bits per heavy atom. The largest absolute Gasteiger partial charge is 0.325 e. The van der Waals surface area contributed by atoms with Gasteiger partial charge in [-0.05, 0) is 24.3 Å². The van der Waals surface area contributed by atoms with Crippen LogP contribution in [0.2, 0.25) is 0 Å². The van der Waals surface area contributed by atoms with Gasteiger partial charge in [0.15, 0.2) is 0 Å². The summed E-state index contributed by atoms with van der Waals surface area (Å²) in [6.45, 7) is 0.286. The lowest BCUT2D eigenvalue weighted by Crippen LogP contribution is -2.50. The van der Waals surface area contributed by atoms with E-state index in [1.54, 1.807) is 0 Å². The Labute approximate surface area is 116 Å². The van der Waals surface area contributed by atoms with E-state index in [2.05, 4.69) is 20.9 Å². The molecule has 0 saturated carbocycles. The summed E-state index contributed by atoms with van der Waals surface area (Å²) in [5, 5.41) is 2.58. The molecule has 0 bridgehead atoms. The van der Waals surface area contributed by atoms with Gasteiger partial charge < -0.3 is 5.32 Å². The number of hydrogen-bond acceptors (Lipinski definition) is 5. The molecule has 2 rings (SSSR count). The second-order valence-electron chi connectivity index (χ2n) is 4.50. The zero-order chi connectivity index (χ0) is 14.8. The predicted molar refractivity (Wildman–Crippen MR) is 71.7 cm³/mol. The van der Waals surface area contributed by atoms with Gasteiger partial charge in [-0.15, -0.1) is 0 Å². The van der Waals surface area contributed by atoms with Crippen molar-refractivity contribution in [3.8, 4) is 0 Å². The van der Waals surface area contributed by atoms with Crippen molar-refractivity contribution in [2.75, 3.05) is 18.1 Å². The normalized spacial score (nSPS) is 22.7. The first-order valence-corrected chi connectivity index (χ1v) is 7.76. The minimum absolute atomic E-state index is 0.286. The van der Waals surface area contributed by atoms with Crippen molar-refractivity contribution in [2.45, 2.75) is 12.1 Å². The Morgan fingerprint density at radius 1 is 1.35 bits per heavy atom. The van der Waals surface area contributed by atoms with Crippen LogP contribution in [0.15, 0.2) is 24.3 Å². The highest BCUT2D eigenvalue weighted by atomic mass is 32.2. The molecule has 1 aliphatic rings. The third-order valence-corrected chi connectivity index (χ3v) is 3.47. The fourth-order valence-electron chi connectivity index (χ4n) is 1.88. The molecule has 110 valence electrons. The average molecular weight is 302 g/mol. The first-order valence-electron chi connectivity index (χ1n) is 5.87. The predicted octanol–water partition coefficient (Wildman–Crippen LogP) is -0.842. The van der Waals surface area contributed by atoms with E-state index in [9.17, 15) is 17.6 Å². The van der Waals surface area contributed by atoms with E-state index in [0.29, 0.717) is 5.69 Å². The number of carbonyl (C=O) groups is 1. The van der Waals surface area contributed by atoms with Gasteiger partial charge in [0.1, 0.15) is 11.9 Å². The molecule has 2 atom stereocenters. The van der Waals surface area contributed by atoms with Gasteiger partial charge >= 0.3 is 0 Å². The van der Waals surface area contributed by atoms with Gasteiger partial charge in [-0.2, -0.15) is 0 Å². The van der Waals surface area contributed by atoms with Crippen LogP contribution >= 0.6 is 0 Å². The molecule has 1 aromatic rings. The number of carbonyl (C=O) groups excluding carboxylic acids is 1. The summed E-state index contributed by atoms with van der Waals surface area (Å²) in [7, 11) is -3.41. The number of benzene rings is 1. The highest BCUT2D eigenvalue weighted by molar-refractivity contribution is 7.88. The first-order chi connectivity index (χ1) is 9.35. The Hall–Kier alpha value is -1.55. The van der Waals surface area contributed by atoms with Gasteiger partial charge in [-0.25, -0.2) is 23.0 Å². The maximum absolute atomic E-state index is 12.8. The molecule has 9 heteroatoms. The molecule has 0 spiro atoms. The molecule has 2 unspecified atom stereocenters. The number of sulfonamides is 1. The lowest BCUT2D eigenvalue weighted by molar-refractivity contribution is -0.118. The van der Waals surface area contributed by atoms with Gasteiger partial charge in [0.05, 0.1) is 12.3 Å². The highest BCUT2D eigenvalue weighted by Gasteiger charge is 2.34. The lowest BCUT2D eigenvalue weighted by atomic mass is 10.1. The van der Waals surface area contributed by atoms with Crippen LogP contribution in [0.3, 0.4) is 0 Å². The molecule has 0 aliphatic carbocycles. The molecule has 0 radical (unpaired) electrons. The molecule has 1 aliphatic heterocycles. The third-order valence-electron chi connectivity index (χ3n) is 2.74. The molecule has 4 N–H and O–H groups in total. The van der Waals surface area contributed by atoms with Crippen LogP contribution in [0, 0.1) is 5.82 Å². The van der Waals surface area contributed by atoms with Gasteiger partial charge in [-0.3, -0.25) is 10.2 Å². The second kappa shape index (κ2) is 5.83. The van der Waals surface area contributed by atoms with Crippen molar-refractivity contribution < 1.29 is 17.6 Å². The summed E-state index contributed by atoms with van der Waals surface area (Å²) >= 11 is 0. The second-order valence-corrected chi connectivity index (χ2v) is 6.28. The molecular formula is C11H15FN4O3S. The number of hydrogen-bond donors (Lipinski definition) is 4. The molecule has 7 nitrogen and oxygen atoms in total. The van der Waals surface area contributed by atoms with Gasteiger partial charge in [0.25, 0.3) is 0 Å². The van der Waals surface area contributed by atoms with E-state index in [0.717, 1.165) is 6.26 Å². The highest BCUT2D eigenvalue weighted by Crippen LogP contribution is 2.10. The van der Waals surface area contributed by atoms with E-state index < -0.39 is 33.8 Å². The number of amides is 1. The van der Waals surface area contributed by atoms with Crippen LogP contribution in [0.1, 0.15) is 0 Å². The molecular weight excluding hydrogens is 287 g/mol. The molecule has 0 aromatic heterocycles. The molecule has 1 amide bonds. The van der Waals surface area contributed by atoms with Crippen molar-refractivity contribution in [2.24, 2.45) is 0 Å². The van der Waals surface area contributed by atoms with Crippen LogP contribution in [-0.2, 0) is 14.8 Å². The first kappa shape index (κ1) is 14.9. The molecule has 1 saturated heterocycles. The zero-order valence-corrected chi connectivity index (χ0v) is 11.5. The topological polar surface area (TPSA) is 99.3 Å². The van der Waals surface area contributed by atoms with E-state index >= 15 is 0 Å². The van der Waals surface area contributed by atoms with Crippen molar-refractivity contribution in [3.63, 3.8) is 0 Å². The van der Waals surface area contributed by atoms with Crippen LogP contribution in [0.4, 0.5) is 10.1 Å². The summed E-state index contributed by atoms with van der Waals surface area (Å²) in [6.07, 6.45) is 1.03. The molecule has 1 aromatic carbocycles. The summed E-state index contributed by atoms with van der Waals surface area (Å²) in [5.41, 5.74) is 5.85. The summed E-state index contributed by atoms with van der Waals surface area (Å²) in [5.74, 6) is -0.817. The Bertz CT molecular complexity index is 590. The number of halogens is 1. The standard InChI is InChI=1S/C11H15FN4O3S/c1-20(18,19)16-9-6-13-15-10(9)11(17)14-8-4-2-7(12)3-5-8/h2-5,9-10,13,15-16H,6H2,1H3,(H,14,17). The van der Waals surface area contributed by atoms with Gasteiger partial charge in [0, 0.05) is 12.2 Å². The van der Waals surface area contributed by atoms with Crippen molar-refractivity contribution >= 4 is 21.6 Å².